The minimum Gasteiger partial charge on any atom is -0.396 e. The molecule has 0 radical (unpaired) electrons. The molecule has 0 aliphatic rings. The SMILES string of the molecule is O=[N+]([O-])c1c(CCO)ccnc1Cl. The van der Waals surface area contributed by atoms with Gasteiger partial charge in [-0.1, -0.05) is 11.6 Å². The van der Waals surface area contributed by atoms with Crippen LogP contribution in [-0.2, 0) is 6.42 Å². The second-order valence-corrected chi connectivity index (χ2v) is 2.70. The molecule has 70 valence electrons. The zero-order chi connectivity index (χ0) is 9.84. The smallest absolute Gasteiger partial charge is 0.309 e. The highest BCUT2D eigenvalue weighted by atomic mass is 35.5. The van der Waals surface area contributed by atoms with E-state index in [-0.39, 0.29) is 23.9 Å². The molecule has 0 bridgehead atoms. The number of halogens is 1. The molecule has 1 N–H and O–H groups in total. The predicted octanol–water partition coefficient (Wildman–Crippen LogP) is 1.18. The fourth-order valence-electron chi connectivity index (χ4n) is 0.980. The summed E-state index contributed by atoms with van der Waals surface area (Å²) in [6.07, 6.45) is 1.58. The van der Waals surface area contributed by atoms with Gasteiger partial charge in [-0.15, -0.1) is 0 Å². The van der Waals surface area contributed by atoms with Crippen LogP contribution in [0.5, 0.6) is 0 Å². The average molecular weight is 203 g/mol. The van der Waals surface area contributed by atoms with Crippen molar-refractivity contribution >= 4 is 17.3 Å². The molecule has 0 saturated carbocycles. The molecule has 1 aromatic heterocycles. The lowest BCUT2D eigenvalue weighted by molar-refractivity contribution is -0.385. The molecule has 0 saturated heterocycles. The Morgan fingerprint density at radius 2 is 2.38 bits per heavy atom. The van der Waals surface area contributed by atoms with Crippen LogP contribution in [0.3, 0.4) is 0 Å². The fraction of sp³-hybridized carbons (Fsp3) is 0.286. The van der Waals surface area contributed by atoms with Crippen molar-refractivity contribution in [3.63, 3.8) is 0 Å². The fourth-order valence-corrected chi connectivity index (χ4v) is 1.23. The van der Waals surface area contributed by atoms with Crippen molar-refractivity contribution in [1.82, 2.24) is 4.98 Å². The molecule has 0 aliphatic carbocycles. The van der Waals surface area contributed by atoms with Crippen molar-refractivity contribution in [3.8, 4) is 0 Å². The molecule has 0 atom stereocenters. The van der Waals surface area contributed by atoms with Gasteiger partial charge < -0.3 is 5.11 Å². The van der Waals surface area contributed by atoms with E-state index in [4.69, 9.17) is 16.7 Å². The van der Waals surface area contributed by atoms with Gasteiger partial charge in [-0.05, 0) is 6.07 Å². The molecule has 1 aromatic rings. The van der Waals surface area contributed by atoms with E-state index in [1.54, 1.807) is 0 Å². The van der Waals surface area contributed by atoms with Gasteiger partial charge in [0.25, 0.3) is 0 Å². The molecule has 0 fully saturated rings. The van der Waals surface area contributed by atoms with Crippen molar-refractivity contribution in [2.45, 2.75) is 6.42 Å². The third kappa shape index (κ3) is 2.13. The number of aromatic nitrogens is 1. The number of hydrogen-bond acceptors (Lipinski definition) is 4. The molecule has 0 aromatic carbocycles. The van der Waals surface area contributed by atoms with Gasteiger partial charge in [-0.2, -0.15) is 0 Å². The lowest BCUT2D eigenvalue weighted by atomic mass is 10.2. The van der Waals surface area contributed by atoms with Crippen LogP contribution < -0.4 is 0 Å². The van der Waals surface area contributed by atoms with Gasteiger partial charge in [-0.3, -0.25) is 10.1 Å². The quantitative estimate of drug-likeness (QED) is 0.454. The largest absolute Gasteiger partial charge is 0.396 e. The summed E-state index contributed by atoms with van der Waals surface area (Å²) in [6, 6.07) is 1.47. The molecule has 1 heterocycles. The third-order valence-electron chi connectivity index (χ3n) is 1.53. The molecule has 6 heteroatoms. The van der Waals surface area contributed by atoms with Crippen molar-refractivity contribution in [3.05, 3.63) is 33.1 Å². The van der Waals surface area contributed by atoms with Gasteiger partial charge >= 0.3 is 5.69 Å². The van der Waals surface area contributed by atoms with E-state index in [2.05, 4.69) is 4.98 Å². The Labute approximate surface area is 79.1 Å². The normalized spacial score (nSPS) is 10.0. The van der Waals surface area contributed by atoms with Crippen molar-refractivity contribution < 1.29 is 10.0 Å². The van der Waals surface area contributed by atoms with Crippen molar-refractivity contribution in [1.29, 1.82) is 0 Å². The molecule has 0 amide bonds. The Kier molecular flexibility index (Phi) is 3.16. The monoisotopic (exact) mass is 202 g/mol. The number of nitrogens with zero attached hydrogens (tertiary/aromatic N) is 2. The first-order valence-corrected chi connectivity index (χ1v) is 3.93. The summed E-state index contributed by atoms with van der Waals surface area (Å²) in [5.41, 5.74) is 0.172. The molecule has 5 nitrogen and oxygen atoms in total. The zero-order valence-electron chi connectivity index (χ0n) is 6.61. The molecule has 1 rings (SSSR count). The van der Waals surface area contributed by atoms with Crippen molar-refractivity contribution in [2.75, 3.05) is 6.61 Å². The summed E-state index contributed by atoms with van der Waals surface area (Å²) in [4.78, 5) is 13.5. The Bertz CT molecular complexity index is 330. The van der Waals surface area contributed by atoms with Crippen LogP contribution in [0.1, 0.15) is 5.56 Å². The Morgan fingerprint density at radius 1 is 1.69 bits per heavy atom. The number of aliphatic hydroxyl groups is 1. The average Bonchev–Trinajstić information content (AvgIpc) is 2.04. The minimum absolute atomic E-state index is 0.143. The van der Waals surface area contributed by atoms with Gasteiger partial charge in [-0.25, -0.2) is 4.98 Å². The van der Waals surface area contributed by atoms with E-state index in [1.807, 2.05) is 0 Å². The molecular formula is C7H7ClN2O3. The van der Waals surface area contributed by atoms with E-state index < -0.39 is 4.92 Å². The van der Waals surface area contributed by atoms with Crippen LogP contribution in [0.4, 0.5) is 5.69 Å². The highest BCUT2D eigenvalue weighted by Gasteiger charge is 2.18. The summed E-state index contributed by atoms with van der Waals surface area (Å²) in [6.45, 7) is -0.152. The summed E-state index contributed by atoms with van der Waals surface area (Å²) in [5, 5.41) is 19.0. The van der Waals surface area contributed by atoms with E-state index >= 15 is 0 Å². The summed E-state index contributed by atoms with van der Waals surface area (Å²) in [7, 11) is 0. The first-order valence-electron chi connectivity index (χ1n) is 3.55. The van der Waals surface area contributed by atoms with Crippen molar-refractivity contribution in [2.24, 2.45) is 0 Å². The number of aliphatic hydroxyl groups excluding tert-OH is 1. The lowest BCUT2D eigenvalue weighted by Crippen LogP contribution is -2.00. The minimum atomic E-state index is -0.597. The molecular weight excluding hydrogens is 196 g/mol. The van der Waals surface area contributed by atoms with Crippen LogP contribution >= 0.6 is 11.6 Å². The summed E-state index contributed by atoms with van der Waals surface area (Å²) >= 11 is 5.53. The number of rotatable bonds is 3. The summed E-state index contributed by atoms with van der Waals surface area (Å²) < 4.78 is 0. The molecule has 0 unspecified atom stereocenters. The molecule has 0 spiro atoms. The maximum atomic E-state index is 10.5. The number of pyridine rings is 1. The second-order valence-electron chi connectivity index (χ2n) is 2.34. The van der Waals surface area contributed by atoms with E-state index in [1.165, 1.54) is 12.3 Å². The first kappa shape index (κ1) is 9.88. The highest BCUT2D eigenvalue weighted by molar-refractivity contribution is 6.31. The standard InChI is InChI=1S/C7H7ClN2O3/c8-7-6(10(12)13)5(2-4-11)1-3-9-7/h1,3,11H,2,4H2. The van der Waals surface area contributed by atoms with Crippen LogP contribution in [0.15, 0.2) is 12.3 Å². The van der Waals surface area contributed by atoms with Crippen LogP contribution in [-0.4, -0.2) is 21.6 Å². The summed E-state index contributed by atoms with van der Waals surface area (Å²) in [5.74, 6) is 0. The topological polar surface area (TPSA) is 76.3 Å². The first-order chi connectivity index (χ1) is 6.16. The number of nitro groups is 1. The van der Waals surface area contributed by atoms with E-state index in [0.29, 0.717) is 5.56 Å². The lowest BCUT2D eigenvalue weighted by Gasteiger charge is -2.00. The molecule has 0 aliphatic heterocycles. The van der Waals surface area contributed by atoms with Gasteiger partial charge in [0.05, 0.1) is 4.92 Å². The van der Waals surface area contributed by atoms with Gasteiger partial charge in [0.2, 0.25) is 5.15 Å². The third-order valence-corrected chi connectivity index (χ3v) is 1.80. The highest BCUT2D eigenvalue weighted by Crippen LogP contribution is 2.25. The maximum Gasteiger partial charge on any atom is 0.309 e. The second kappa shape index (κ2) is 4.15. The number of hydrogen-bond donors (Lipinski definition) is 1. The van der Waals surface area contributed by atoms with Gasteiger partial charge in [0.1, 0.15) is 0 Å². The van der Waals surface area contributed by atoms with Crippen LogP contribution in [0, 0.1) is 10.1 Å². The molecule has 13 heavy (non-hydrogen) atoms. The Hall–Kier alpha value is -1.20. The van der Waals surface area contributed by atoms with E-state index in [9.17, 15) is 10.1 Å². The van der Waals surface area contributed by atoms with E-state index in [0.717, 1.165) is 0 Å². The van der Waals surface area contributed by atoms with Gasteiger partial charge in [0, 0.05) is 24.8 Å². The maximum absolute atomic E-state index is 10.5. The Morgan fingerprint density at radius 3 is 2.92 bits per heavy atom. The predicted molar refractivity (Wildman–Crippen MR) is 46.7 cm³/mol. The van der Waals surface area contributed by atoms with Crippen LogP contribution in [0.25, 0.3) is 0 Å². The zero-order valence-corrected chi connectivity index (χ0v) is 7.36. The Balaban J connectivity index is 3.17. The van der Waals surface area contributed by atoms with Gasteiger partial charge in [0.15, 0.2) is 0 Å². The van der Waals surface area contributed by atoms with Crippen LogP contribution in [0.2, 0.25) is 5.15 Å².